The predicted octanol–water partition coefficient (Wildman–Crippen LogP) is 0.863. The summed E-state index contributed by atoms with van der Waals surface area (Å²) in [6, 6.07) is 6.90. The van der Waals surface area contributed by atoms with Gasteiger partial charge >= 0.3 is 0 Å². The fourth-order valence-corrected chi connectivity index (χ4v) is 3.54. The lowest BCUT2D eigenvalue weighted by molar-refractivity contribution is 0.178. The second-order valence-corrected chi connectivity index (χ2v) is 6.83. The number of sulfonamides is 1. The third-order valence-corrected chi connectivity index (χ3v) is 4.87. The van der Waals surface area contributed by atoms with Crippen LogP contribution in [0, 0.1) is 0 Å². The van der Waals surface area contributed by atoms with Crippen LogP contribution in [0.1, 0.15) is 18.9 Å². The molecule has 1 atom stereocenters. The van der Waals surface area contributed by atoms with E-state index in [4.69, 9.17) is 4.74 Å². The van der Waals surface area contributed by atoms with E-state index in [0.717, 1.165) is 12.1 Å². The molecule has 1 aliphatic heterocycles. The van der Waals surface area contributed by atoms with E-state index < -0.39 is 15.6 Å². The Morgan fingerprint density at radius 2 is 2.00 bits per heavy atom. The molecule has 1 fully saturated rings. The molecular formula is C13H20N2O3S. The first-order valence-electron chi connectivity index (χ1n) is 6.30. The van der Waals surface area contributed by atoms with Crippen molar-refractivity contribution >= 4 is 10.0 Å². The molecule has 0 spiro atoms. The van der Waals surface area contributed by atoms with Crippen molar-refractivity contribution in [2.45, 2.75) is 30.3 Å². The Morgan fingerprint density at radius 3 is 2.53 bits per heavy atom. The molecular weight excluding hydrogens is 264 g/mol. The van der Waals surface area contributed by atoms with Gasteiger partial charge < -0.3 is 10.1 Å². The maximum absolute atomic E-state index is 12.3. The SMILES string of the molecule is CNCc1ccc(S(=O)(=O)NC2(C)CCOC2)cc1. The Kier molecular flexibility index (Phi) is 4.25. The van der Waals surface area contributed by atoms with E-state index in [-0.39, 0.29) is 0 Å². The Bertz CT molecular complexity index is 519. The second kappa shape index (κ2) is 5.58. The second-order valence-electron chi connectivity index (χ2n) is 5.14. The van der Waals surface area contributed by atoms with Gasteiger partial charge in [0.15, 0.2) is 0 Å². The quantitative estimate of drug-likeness (QED) is 0.841. The highest BCUT2D eigenvalue weighted by Gasteiger charge is 2.34. The summed E-state index contributed by atoms with van der Waals surface area (Å²) >= 11 is 0. The minimum atomic E-state index is -3.48. The molecule has 106 valence electrons. The standard InChI is InChI=1S/C13H20N2O3S/c1-13(7-8-18-10-13)15-19(16,17)12-5-3-11(4-6-12)9-14-2/h3-6,14-15H,7-10H2,1-2H3. The Balaban J connectivity index is 2.15. The van der Waals surface area contributed by atoms with Crippen molar-refractivity contribution in [2.75, 3.05) is 20.3 Å². The molecule has 19 heavy (non-hydrogen) atoms. The number of benzene rings is 1. The summed E-state index contributed by atoms with van der Waals surface area (Å²) in [6.45, 7) is 3.61. The minimum absolute atomic E-state index is 0.292. The van der Waals surface area contributed by atoms with Gasteiger partial charge in [0, 0.05) is 13.2 Å². The summed E-state index contributed by atoms with van der Waals surface area (Å²) < 4.78 is 32.5. The largest absolute Gasteiger partial charge is 0.379 e. The zero-order valence-electron chi connectivity index (χ0n) is 11.3. The topological polar surface area (TPSA) is 67.4 Å². The van der Waals surface area contributed by atoms with E-state index in [1.54, 1.807) is 12.1 Å². The average Bonchev–Trinajstić information content (AvgIpc) is 2.76. The van der Waals surface area contributed by atoms with Crippen LogP contribution in [-0.2, 0) is 21.3 Å². The van der Waals surface area contributed by atoms with Crippen LogP contribution in [0.5, 0.6) is 0 Å². The highest BCUT2D eigenvalue weighted by molar-refractivity contribution is 7.89. The van der Waals surface area contributed by atoms with Gasteiger partial charge in [-0.3, -0.25) is 0 Å². The van der Waals surface area contributed by atoms with Crippen molar-refractivity contribution < 1.29 is 13.2 Å². The Hall–Kier alpha value is -0.950. The lowest BCUT2D eigenvalue weighted by atomic mass is 10.0. The zero-order valence-corrected chi connectivity index (χ0v) is 12.1. The molecule has 1 aromatic rings. The van der Waals surface area contributed by atoms with Gasteiger partial charge in [-0.05, 0) is 38.1 Å². The first-order chi connectivity index (χ1) is 8.95. The summed E-state index contributed by atoms with van der Waals surface area (Å²) in [4.78, 5) is 0.292. The van der Waals surface area contributed by atoms with Crippen LogP contribution in [0.2, 0.25) is 0 Å². The van der Waals surface area contributed by atoms with Crippen molar-refractivity contribution in [3.05, 3.63) is 29.8 Å². The lowest BCUT2D eigenvalue weighted by Crippen LogP contribution is -2.46. The number of rotatable bonds is 5. The summed E-state index contributed by atoms with van der Waals surface area (Å²) in [7, 11) is -1.63. The summed E-state index contributed by atoms with van der Waals surface area (Å²) in [5, 5.41) is 3.03. The summed E-state index contributed by atoms with van der Waals surface area (Å²) in [5.41, 5.74) is 0.555. The van der Waals surface area contributed by atoms with Crippen molar-refractivity contribution in [3.8, 4) is 0 Å². The van der Waals surface area contributed by atoms with Crippen LogP contribution in [0.25, 0.3) is 0 Å². The molecule has 0 aromatic heterocycles. The monoisotopic (exact) mass is 284 g/mol. The zero-order chi connectivity index (χ0) is 13.9. The predicted molar refractivity (Wildman–Crippen MR) is 73.4 cm³/mol. The normalized spacial score (nSPS) is 23.7. The molecule has 2 rings (SSSR count). The van der Waals surface area contributed by atoms with E-state index in [9.17, 15) is 8.42 Å². The van der Waals surface area contributed by atoms with E-state index in [2.05, 4.69) is 10.0 Å². The summed E-state index contributed by atoms with van der Waals surface area (Å²) in [6.07, 6.45) is 0.698. The van der Waals surface area contributed by atoms with Crippen LogP contribution in [0.3, 0.4) is 0 Å². The van der Waals surface area contributed by atoms with Crippen molar-refractivity contribution in [1.82, 2.24) is 10.0 Å². The van der Waals surface area contributed by atoms with Gasteiger partial charge in [-0.25, -0.2) is 13.1 Å². The maximum atomic E-state index is 12.3. The van der Waals surface area contributed by atoms with Crippen molar-refractivity contribution in [1.29, 1.82) is 0 Å². The van der Waals surface area contributed by atoms with E-state index in [1.165, 1.54) is 0 Å². The molecule has 0 amide bonds. The number of hydrogen-bond acceptors (Lipinski definition) is 4. The smallest absolute Gasteiger partial charge is 0.241 e. The molecule has 2 N–H and O–H groups in total. The third-order valence-electron chi connectivity index (χ3n) is 3.21. The van der Waals surface area contributed by atoms with Crippen LogP contribution in [0.4, 0.5) is 0 Å². The Morgan fingerprint density at radius 1 is 1.32 bits per heavy atom. The molecule has 5 nitrogen and oxygen atoms in total. The molecule has 0 bridgehead atoms. The molecule has 1 saturated heterocycles. The third kappa shape index (κ3) is 3.54. The molecule has 0 radical (unpaired) electrons. The van der Waals surface area contributed by atoms with Gasteiger partial charge in [-0.2, -0.15) is 0 Å². The lowest BCUT2D eigenvalue weighted by Gasteiger charge is -2.23. The van der Waals surface area contributed by atoms with Crippen LogP contribution < -0.4 is 10.0 Å². The van der Waals surface area contributed by atoms with E-state index >= 15 is 0 Å². The number of hydrogen-bond donors (Lipinski definition) is 2. The molecule has 1 aliphatic rings. The van der Waals surface area contributed by atoms with Crippen LogP contribution >= 0.6 is 0 Å². The van der Waals surface area contributed by atoms with Gasteiger partial charge in [0.2, 0.25) is 10.0 Å². The number of ether oxygens (including phenoxy) is 1. The van der Waals surface area contributed by atoms with Gasteiger partial charge in [0.1, 0.15) is 0 Å². The van der Waals surface area contributed by atoms with Crippen LogP contribution in [-0.4, -0.2) is 34.2 Å². The highest BCUT2D eigenvalue weighted by Crippen LogP contribution is 2.21. The van der Waals surface area contributed by atoms with E-state index in [0.29, 0.717) is 24.5 Å². The maximum Gasteiger partial charge on any atom is 0.241 e. The van der Waals surface area contributed by atoms with Crippen molar-refractivity contribution in [3.63, 3.8) is 0 Å². The van der Waals surface area contributed by atoms with E-state index in [1.807, 2.05) is 26.1 Å². The first-order valence-corrected chi connectivity index (χ1v) is 7.79. The van der Waals surface area contributed by atoms with Gasteiger partial charge in [0.05, 0.1) is 17.0 Å². The average molecular weight is 284 g/mol. The van der Waals surface area contributed by atoms with Crippen LogP contribution in [0.15, 0.2) is 29.2 Å². The minimum Gasteiger partial charge on any atom is -0.379 e. The Labute approximate surface area is 114 Å². The molecule has 1 aromatic carbocycles. The fraction of sp³-hybridized carbons (Fsp3) is 0.538. The molecule has 6 heteroatoms. The molecule has 0 saturated carbocycles. The summed E-state index contributed by atoms with van der Waals surface area (Å²) in [5.74, 6) is 0. The van der Waals surface area contributed by atoms with Crippen molar-refractivity contribution in [2.24, 2.45) is 0 Å². The molecule has 1 heterocycles. The highest BCUT2D eigenvalue weighted by atomic mass is 32.2. The van der Waals surface area contributed by atoms with Gasteiger partial charge in [-0.15, -0.1) is 0 Å². The molecule has 1 unspecified atom stereocenters. The van der Waals surface area contributed by atoms with Gasteiger partial charge in [0.25, 0.3) is 0 Å². The first kappa shape index (κ1) is 14.5. The number of nitrogens with one attached hydrogen (secondary N) is 2. The fourth-order valence-electron chi connectivity index (χ4n) is 2.12. The van der Waals surface area contributed by atoms with Gasteiger partial charge in [-0.1, -0.05) is 12.1 Å². The molecule has 0 aliphatic carbocycles.